The third-order valence-electron chi connectivity index (χ3n) is 5.17. The summed E-state index contributed by atoms with van der Waals surface area (Å²) in [5.41, 5.74) is 9.08. The van der Waals surface area contributed by atoms with Crippen LogP contribution in [0.3, 0.4) is 0 Å². The normalized spacial score (nSPS) is 16.8. The number of carbonyl (C=O) groups is 1. The lowest BCUT2D eigenvalue weighted by atomic mass is 9.72. The molecule has 1 aliphatic carbocycles. The number of nitrogen functional groups attached to an aromatic ring is 1. The van der Waals surface area contributed by atoms with Gasteiger partial charge in [0.05, 0.1) is 17.2 Å². The van der Waals surface area contributed by atoms with E-state index in [4.69, 9.17) is 10.5 Å². The summed E-state index contributed by atoms with van der Waals surface area (Å²) in [6.07, 6.45) is 3.05. The lowest BCUT2D eigenvalue weighted by Crippen LogP contribution is -2.27. The minimum absolute atomic E-state index is 0.113. The number of nitrogens with one attached hydrogen (secondary N) is 1. The van der Waals surface area contributed by atoms with Crippen molar-refractivity contribution >= 4 is 27.9 Å². The van der Waals surface area contributed by atoms with Gasteiger partial charge >= 0.3 is 0 Å². The summed E-state index contributed by atoms with van der Waals surface area (Å²) >= 11 is 1.58. The van der Waals surface area contributed by atoms with Crippen LogP contribution in [0.4, 0.5) is 10.7 Å². The van der Waals surface area contributed by atoms with E-state index in [9.17, 15) is 4.79 Å². The maximum Gasteiger partial charge on any atom is 0.258 e. The first-order valence-electron chi connectivity index (χ1n) is 9.23. The molecule has 1 aromatic carbocycles. The van der Waals surface area contributed by atoms with Crippen LogP contribution in [0.1, 0.15) is 54.9 Å². The fourth-order valence-electron chi connectivity index (χ4n) is 3.59. The van der Waals surface area contributed by atoms with Crippen LogP contribution >= 0.6 is 11.3 Å². The number of anilines is 2. The minimum Gasteiger partial charge on any atom is -0.494 e. The Hall–Kier alpha value is -2.01. The van der Waals surface area contributed by atoms with Crippen LogP contribution < -0.4 is 15.8 Å². The number of rotatable bonds is 4. The summed E-state index contributed by atoms with van der Waals surface area (Å²) in [5.74, 6) is 1.32. The summed E-state index contributed by atoms with van der Waals surface area (Å²) in [4.78, 5) is 14.1. The highest BCUT2D eigenvalue weighted by atomic mass is 32.1. The second-order valence-electron chi connectivity index (χ2n) is 7.96. The van der Waals surface area contributed by atoms with E-state index in [2.05, 4.69) is 26.1 Å². The third-order valence-corrected chi connectivity index (χ3v) is 6.25. The first-order valence-corrected chi connectivity index (χ1v) is 10.1. The Labute approximate surface area is 159 Å². The topological polar surface area (TPSA) is 64.3 Å². The summed E-state index contributed by atoms with van der Waals surface area (Å²) in [6, 6.07) is 7.43. The van der Waals surface area contributed by atoms with Gasteiger partial charge in [-0.1, -0.05) is 20.8 Å². The molecule has 0 radical (unpaired) electrons. The number of nitrogens with two attached hydrogens (primary N) is 1. The second kappa shape index (κ2) is 7.31. The average Bonchev–Trinajstić information content (AvgIpc) is 2.91. The molecule has 5 heteroatoms. The number of amides is 1. The van der Waals surface area contributed by atoms with Crippen LogP contribution in [0.15, 0.2) is 24.3 Å². The van der Waals surface area contributed by atoms with Gasteiger partial charge in [-0.15, -0.1) is 11.3 Å². The summed E-state index contributed by atoms with van der Waals surface area (Å²) in [5, 5.41) is 3.61. The van der Waals surface area contributed by atoms with E-state index < -0.39 is 0 Å². The Balaban J connectivity index is 1.78. The first-order chi connectivity index (χ1) is 12.3. The van der Waals surface area contributed by atoms with Gasteiger partial charge < -0.3 is 15.8 Å². The SMILES string of the molecule is CCOc1ccc(NC(=O)c2c(N)sc3c2CCC(C(C)(C)C)C3)cc1. The number of ether oxygens (including phenoxy) is 1. The monoisotopic (exact) mass is 372 g/mol. The average molecular weight is 373 g/mol. The fraction of sp³-hybridized carbons (Fsp3) is 0.476. The highest BCUT2D eigenvalue weighted by molar-refractivity contribution is 7.16. The van der Waals surface area contributed by atoms with Crippen molar-refractivity contribution in [3.05, 3.63) is 40.3 Å². The number of fused-ring (bicyclic) bond motifs is 1. The Morgan fingerprint density at radius 2 is 2.00 bits per heavy atom. The van der Waals surface area contributed by atoms with Crippen molar-refractivity contribution in [2.45, 2.75) is 47.0 Å². The maximum absolute atomic E-state index is 12.8. The Bertz CT molecular complexity index is 788. The van der Waals surface area contributed by atoms with Gasteiger partial charge in [-0.2, -0.15) is 0 Å². The van der Waals surface area contributed by atoms with E-state index >= 15 is 0 Å². The predicted molar refractivity (Wildman–Crippen MR) is 109 cm³/mol. The lowest BCUT2D eigenvalue weighted by Gasteiger charge is -2.33. The van der Waals surface area contributed by atoms with Crippen LogP contribution in [0, 0.1) is 11.3 Å². The van der Waals surface area contributed by atoms with Gasteiger partial charge in [0.1, 0.15) is 5.75 Å². The molecule has 0 fully saturated rings. The van der Waals surface area contributed by atoms with Crippen molar-refractivity contribution in [2.24, 2.45) is 11.3 Å². The number of hydrogen-bond donors (Lipinski definition) is 2. The molecule has 0 saturated carbocycles. The predicted octanol–water partition coefficient (Wildman–Crippen LogP) is 5.13. The minimum atomic E-state index is -0.113. The van der Waals surface area contributed by atoms with E-state index in [1.807, 2.05) is 31.2 Å². The molecule has 26 heavy (non-hydrogen) atoms. The Morgan fingerprint density at radius 3 is 2.62 bits per heavy atom. The van der Waals surface area contributed by atoms with E-state index in [0.717, 1.165) is 36.3 Å². The molecule has 0 aliphatic heterocycles. The van der Waals surface area contributed by atoms with Crippen LogP contribution in [-0.2, 0) is 12.8 Å². The molecule has 1 amide bonds. The molecule has 3 rings (SSSR count). The zero-order valence-electron chi connectivity index (χ0n) is 16.0. The van der Waals surface area contributed by atoms with Crippen LogP contribution in [0.2, 0.25) is 0 Å². The summed E-state index contributed by atoms with van der Waals surface area (Å²) in [6.45, 7) is 9.44. The molecule has 1 aliphatic rings. The quantitative estimate of drug-likeness (QED) is 0.782. The zero-order chi connectivity index (χ0) is 18.9. The van der Waals surface area contributed by atoms with Gasteiger partial charge in [0.25, 0.3) is 5.91 Å². The van der Waals surface area contributed by atoms with E-state index in [1.165, 1.54) is 4.88 Å². The molecule has 0 bridgehead atoms. The first kappa shape index (κ1) is 18.8. The molecule has 0 saturated heterocycles. The maximum atomic E-state index is 12.8. The van der Waals surface area contributed by atoms with Crippen molar-refractivity contribution < 1.29 is 9.53 Å². The van der Waals surface area contributed by atoms with Gasteiger partial charge in [-0.3, -0.25) is 4.79 Å². The van der Waals surface area contributed by atoms with Crippen molar-refractivity contribution in [2.75, 3.05) is 17.7 Å². The number of benzene rings is 1. The number of thiophene rings is 1. The van der Waals surface area contributed by atoms with Gasteiger partial charge in [0.15, 0.2) is 0 Å². The standard InChI is InChI=1S/C21H28N2O2S/c1-5-25-15-9-7-14(8-10-15)23-20(24)18-16-11-6-13(21(2,3)4)12-17(16)26-19(18)22/h7-10,13H,5-6,11-12,22H2,1-4H3,(H,23,24). The van der Waals surface area contributed by atoms with Gasteiger partial charge in [-0.25, -0.2) is 0 Å². The summed E-state index contributed by atoms with van der Waals surface area (Å²) < 4.78 is 5.44. The van der Waals surface area contributed by atoms with Gasteiger partial charge in [0.2, 0.25) is 0 Å². The molecule has 1 unspecified atom stereocenters. The highest BCUT2D eigenvalue weighted by Gasteiger charge is 2.33. The molecule has 4 nitrogen and oxygen atoms in total. The largest absolute Gasteiger partial charge is 0.494 e. The molecule has 1 atom stereocenters. The van der Waals surface area contributed by atoms with Crippen molar-refractivity contribution in [1.29, 1.82) is 0 Å². The lowest BCUT2D eigenvalue weighted by molar-refractivity contribution is 0.102. The van der Waals surface area contributed by atoms with E-state index in [1.54, 1.807) is 11.3 Å². The number of hydrogen-bond acceptors (Lipinski definition) is 4. The molecule has 3 N–H and O–H groups in total. The highest BCUT2D eigenvalue weighted by Crippen LogP contribution is 2.43. The van der Waals surface area contributed by atoms with Crippen LogP contribution in [0.5, 0.6) is 5.75 Å². The van der Waals surface area contributed by atoms with E-state index in [-0.39, 0.29) is 11.3 Å². The molecule has 1 heterocycles. The zero-order valence-corrected chi connectivity index (χ0v) is 16.8. The smallest absolute Gasteiger partial charge is 0.258 e. The molecule has 0 spiro atoms. The van der Waals surface area contributed by atoms with Crippen molar-refractivity contribution in [1.82, 2.24) is 0 Å². The van der Waals surface area contributed by atoms with Crippen LogP contribution in [-0.4, -0.2) is 12.5 Å². The third kappa shape index (κ3) is 3.88. The molecule has 140 valence electrons. The Morgan fingerprint density at radius 1 is 1.31 bits per heavy atom. The number of carbonyl (C=O) groups excluding carboxylic acids is 1. The molecule has 1 aromatic heterocycles. The van der Waals surface area contributed by atoms with Gasteiger partial charge in [0, 0.05) is 10.6 Å². The van der Waals surface area contributed by atoms with Gasteiger partial charge in [-0.05, 0) is 67.3 Å². The van der Waals surface area contributed by atoms with E-state index in [0.29, 0.717) is 23.1 Å². The fourth-order valence-corrected chi connectivity index (χ4v) is 4.79. The Kier molecular flexibility index (Phi) is 5.28. The van der Waals surface area contributed by atoms with Crippen molar-refractivity contribution in [3.8, 4) is 5.75 Å². The molecule has 2 aromatic rings. The summed E-state index contributed by atoms with van der Waals surface area (Å²) in [7, 11) is 0. The van der Waals surface area contributed by atoms with Crippen molar-refractivity contribution in [3.63, 3.8) is 0 Å². The molecular weight excluding hydrogens is 344 g/mol. The molecular formula is C21H28N2O2S. The van der Waals surface area contributed by atoms with Crippen LogP contribution in [0.25, 0.3) is 0 Å². The second-order valence-corrected chi connectivity index (χ2v) is 9.10.